The average molecular weight is 239 g/mol. The van der Waals surface area contributed by atoms with Gasteiger partial charge in [0.1, 0.15) is 11.3 Å². The molecule has 4 heteroatoms. The van der Waals surface area contributed by atoms with Crippen molar-refractivity contribution >= 4 is 22.6 Å². The van der Waals surface area contributed by atoms with Gasteiger partial charge in [-0.15, -0.1) is 0 Å². The number of aryl methyl sites for hydroxylation is 1. The highest BCUT2D eigenvalue weighted by atomic mass is 35.5. The first kappa shape index (κ1) is 11.0. The van der Waals surface area contributed by atoms with Gasteiger partial charge in [-0.2, -0.15) is 0 Å². The highest BCUT2D eigenvalue weighted by molar-refractivity contribution is 6.32. The molecule has 1 aromatic carbocycles. The number of hydrogen-bond acceptors (Lipinski definition) is 3. The zero-order valence-corrected chi connectivity index (χ0v) is 9.80. The van der Waals surface area contributed by atoms with E-state index in [1.54, 1.807) is 12.1 Å². The van der Waals surface area contributed by atoms with Gasteiger partial charge in [0.15, 0.2) is 0 Å². The molecule has 0 aliphatic carbocycles. The van der Waals surface area contributed by atoms with E-state index in [1.807, 2.05) is 13.8 Å². The normalized spacial score (nSPS) is 10.7. The minimum atomic E-state index is -0.419. The Hall–Kier alpha value is -1.48. The van der Waals surface area contributed by atoms with E-state index in [2.05, 4.69) is 0 Å². The average Bonchev–Trinajstić information content (AvgIpc) is 2.21. The molecular formula is C12H11ClO3. The van der Waals surface area contributed by atoms with Crippen molar-refractivity contribution in [1.82, 2.24) is 0 Å². The van der Waals surface area contributed by atoms with Crippen LogP contribution in [0.3, 0.4) is 0 Å². The van der Waals surface area contributed by atoms with Crippen LogP contribution in [-0.2, 0) is 0 Å². The van der Waals surface area contributed by atoms with Crippen LogP contribution in [0.2, 0.25) is 5.02 Å². The van der Waals surface area contributed by atoms with Crippen molar-refractivity contribution in [1.29, 1.82) is 0 Å². The van der Waals surface area contributed by atoms with Gasteiger partial charge in [0.2, 0.25) is 0 Å². The Kier molecular flexibility index (Phi) is 2.88. The van der Waals surface area contributed by atoms with E-state index in [9.17, 15) is 4.79 Å². The smallest absolute Gasteiger partial charge is 0.339 e. The maximum Gasteiger partial charge on any atom is 0.339 e. The van der Waals surface area contributed by atoms with Gasteiger partial charge in [0.05, 0.1) is 18.1 Å². The molecule has 0 bridgehead atoms. The molecule has 0 unspecified atom stereocenters. The van der Waals surface area contributed by atoms with E-state index in [4.69, 9.17) is 20.8 Å². The maximum absolute atomic E-state index is 11.3. The standard InChI is InChI=1S/C12H11ClO3/c1-3-15-10-6-12(14)16-11-4-7(2)9(13)5-8(10)11/h4-6H,3H2,1-2H3. The van der Waals surface area contributed by atoms with Crippen molar-refractivity contribution in [3.63, 3.8) is 0 Å². The van der Waals surface area contributed by atoms with E-state index >= 15 is 0 Å². The predicted octanol–water partition coefficient (Wildman–Crippen LogP) is 3.15. The third-order valence-electron chi connectivity index (χ3n) is 2.29. The summed E-state index contributed by atoms with van der Waals surface area (Å²) in [6.45, 7) is 4.20. The molecule has 0 aliphatic heterocycles. The fraction of sp³-hybridized carbons (Fsp3) is 0.250. The molecule has 0 N–H and O–H groups in total. The van der Waals surface area contributed by atoms with Gasteiger partial charge in [-0.05, 0) is 31.5 Å². The monoisotopic (exact) mass is 238 g/mol. The second kappa shape index (κ2) is 4.18. The minimum Gasteiger partial charge on any atom is -0.493 e. The summed E-state index contributed by atoms with van der Waals surface area (Å²) in [5.41, 5.74) is 0.946. The third kappa shape index (κ3) is 1.91. The zero-order chi connectivity index (χ0) is 11.7. The Bertz CT molecular complexity index is 587. The summed E-state index contributed by atoms with van der Waals surface area (Å²) in [7, 11) is 0. The van der Waals surface area contributed by atoms with Crippen LogP contribution >= 0.6 is 11.6 Å². The van der Waals surface area contributed by atoms with Gasteiger partial charge in [-0.25, -0.2) is 4.79 Å². The van der Waals surface area contributed by atoms with Gasteiger partial charge in [-0.1, -0.05) is 11.6 Å². The van der Waals surface area contributed by atoms with Gasteiger partial charge in [0.25, 0.3) is 0 Å². The summed E-state index contributed by atoms with van der Waals surface area (Å²) in [5, 5.41) is 1.35. The van der Waals surface area contributed by atoms with Crippen LogP contribution in [0.5, 0.6) is 5.75 Å². The minimum absolute atomic E-state index is 0.419. The quantitative estimate of drug-likeness (QED) is 0.755. The highest BCUT2D eigenvalue weighted by Gasteiger charge is 2.08. The van der Waals surface area contributed by atoms with E-state index in [-0.39, 0.29) is 0 Å². The molecular weight excluding hydrogens is 228 g/mol. The molecule has 0 fully saturated rings. The Morgan fingerprint density at radius 1 is 1.38 bits per heavy atom. The van der Waals surface area contributed by atoms with Crippen LogP contribution in [0.25, 0.3) is 11.0 Å². The largest absolute Gasteiger partial charge is 0.493 e. The number of benzene rings is 1. The highest BCUT2D eigenvalue weighted by Crippen LogP contribution is 2.29. The van der Waals surface area contributed by atoms with Crippen LogP contribution in [0, 0.1) is 6.92 Å². The third-order valence-corrected chi connectivity index (χ3v) is 2.69. The second-order valence-electron chi connectivity index (χ2n) is 3.46. The maximum atomic E-state index is 11.3. The lowest BCUT2D eigenvalue weighted by molar-refractivity contribution is 0.341. The fourth-order valence-corrected chi connectivity index (χ4v) is 1.69. The van der Waals surface area contributed by atoms with Crippen LogP contribution in [0.4, 0.5) is 0 Å². The number of hydrogen-bond donors (Lipinski definition) is 0. The summed E-state index contributed by atoms with van der Waals surface area (Å²) < 4.78 is 10.5. The lowest BCUT2D eigenvalue weighted by Gasteiger charge is -2.07. The fourth-order valence-electron chi connectivity index (χ4n) is 1.53. The van der Waals surface area contributed by atoms with Crippen molar-refractivity contribution in [3.05, 3.63) is 39.2 Å². The van der Waals surface area contributed by atoms with Crippen molar-refractivity contribution in [2.24, 2.45) is 0 Å². The van der Waals surface area contributed by atoms with Gasteiger partial charge < -0.3 is 9.15 Å². The first-order valence-corrected chi connectivity index (χ1v) is 5.36. The Labute approximate surface area is 97.6 Å². The molecule has 1 heterocycles. The lowest BCUT2D eigenvalue weighted by atomic mass is 10.1. The topological polar surface area (TPSA) is 39.4 Å². The van der Waals surface area contributed by atoms with Crippen molar-refractivity contribution in [3.8, 4) is 5.75 Å². The molecule has 3 nitrogen and oxygen atoms in total. The zero-order valence-electron chi connectivity index (χ0n) is 9.04. The number of halogens is 1. The molecule has 1 aromatic heterocycles. The van der Waals surface area contributed by atoms with E-state index in [1.165, 1.54) is 6.07 Å². The first-order valence-electron chi connectivity index (χ1n) is 4.98. The molecule has 0 atom stereocenters. The van der Waals surface area contributed by atoms with Crippen LogP contribution < -0.4 is 10.4 Å². The molecule has 0 aliphatic rings. The van der Waals surface area contributed by atoms with Gasteiger partial charge in [0, 0.05) is 5.02 Å². The van der Waals surface area contributed by atoms with Crippen LogP contribution in [0.15, 0.2) is 27.4 Å². The first-order chi connectivity index (χ1) is 7.61. The summed E-state index contributed by atoms with van der Waals surface area (Å²) >= 11 is 6.02. The van der Waals surface area contributed by atoms with E-state index < -0.39 is 5.63 Å². The molecule has 2 rings (SSSR count). The van der Waals surface area contributed by atoms with Gasteiger partial charge in [-0.3, -0.25) is 0 Å². The van der Waals surface area contributed by atoms with Crippen molar-refractivity contribution < 1.29 is 9.15 Å². The number of ether oxygens (including phenoxy) is 1. The molecule has 2 aromatic rings. The van der Waals surface area contributed by atoms with Gasteiger partial charge >= 0.3 is 5.63 Å². The van der Waals surface area contributed by atoms with Crippen LogP contribution in [0.1, 0.15) is 12.5 Å². The molecule has 0 amide bonds. The summed E-state index contributed by atoms with van der Waals surface area (Å²) in [5.74, 6) is 0.510. The molecule has 0 saturated carbocycles. The number of rotatable bonds is 2. The Balaban J connectivity index is 2.79. The van der Waals surface area contributed by atoms with Crippen molar-refractivity contribution in [2.75, 3.05) is 6.61 Å². The molecule has 0 radical (unpaired) electrons. The summed E-state index contributed by atoms with van der Waals surface area (Å²) in [4.78, 5) is 11.3. The molecule has 0 spiro atoms. The SMILES string of the molecule is CCOc1cc(=O)oc2cc(C)c(Cl)cc12. The van der Waals surface area contributed by atoms with Crippen LogP contribution in [-0.4, -0.2) is 6.61 Å². The Morgan fingerprint density at radius 3 is 2.81 bits per heavy atom. The summed E-state index contributed by atoms with van der Waals surface area (Å²) in [6.07, 6.45) is 0. The van der Waals surface area contributed by atoms with Crippen molar-refractivity contribution in [2.45, 2.75) is 13.8 Å². The summed E-state index contributed by atoms with van der Waals surface area (Å²) in [6, 6.07) is 4.82. The van der Waals surface area contributed by atoms with E-state index in [0.29, 0.717) is 23.0 Å². The molecule has 0 saturated heterocycles. The second-order valence-corrected chi connectivity index (χ2v) is 3.87. The molecule has 84 valence electrons. The predicted molar refractivity (Wildman–Crippen MR) is 63.4 cm³/mol. The van der Waals surface area contributed by atoms with E-state index in [0.717, 1.165) is 10.9 Å². The Morgan fingerprint density at radius 2 is 2.12 bits per heavy atom. The number of fused-ring (bicyclic) bond motifs is 1. The molecule has 16 heavy (non-hydrogen) atoms. The lowest BCUT2D eigenvalue weighted by Crippen LogP contribution is -2.01.